The molecule has 1 aromatic rings. The lowest BCUT2D eigenvalue weighted by molar-refractivity contribution is 0.284. The maximum atomic E-state index is 6.13. The molecule has 0 saturated carbocycles. The number of halogens is 2. The molecule has 1 aliphatic rings. The van der Waals surface area contributed by atoms with Crippen LogP contribution in [0.5, 0.6) is 0 Å². The van der Waals surface area contributed by atoms with Gasteiger partial charge in [0.25, 0.3) is 0 Å². The van der Waals surface area contributed by atoms with Crippen LogP contribution in [0.15, 0.2) is 18.2 Å². The van der Waals surface area contributed by atoms with E-state index in [2.05, 4.69) is 37.9 Å². The first-order valence-corrected chi connectivity index (χ1v) is 7.44. The van der Waals surface area contributed by atoms with Gasteiger partial charge in [-0.3, -0.25) is 0 Å². The molecular weight excluding hydrogens is 279 g/mol. The normalized spacial score (nSPS) is 22.1. The Labute approximate surface area is 126 Å². The highest BCUT2D eigenvalue weighted by atomic mass is 35.5. The first kappa shape index (κ1) is 15.0. The Bertz CT molecular complexity index is 469. The average Bonchev–Trinajstić information content (AvgIpc) is 2.37. The molecule has 19 heavy (non-hydrogen) atoms. The minimum Gasteiger partial charge on any atom is -0.370 e. The van der Waals surface area contributed by atoms with E-state index in [0.717, 1.165) is 25.2 Å². The first-order chi connectivity index (χ1) is 8.69. The third-order valence-corrected chi connectivity index (χ3v) is 4.28. The van der Waals surface area contributed by atoms with Gasteiger partial charge in [0.2, 0.25) is 0 Å². The van der Waals surface area contributed by atoms with E-state index < -0.39 is 0 Å². The Morgan fingerprint density at radius 1 is 1.05 bits per heavy atom. The molecular formula is C15H22Cl2N2. The van der Waals surface area contributed by atoms with Gasteiger partial charge in [-0.15, -0.1) is 0 Å². The van der Waals surface area contributed by atoms with Crippen molar-refractivity contribution in [1.29, 1.82) is 0 Å². The molecule has 0 unspecified atom stereocenters. The number of hydrogen-bond acceptors (Lipinski definition) is 2. The lowest BCUT2D eigenvalue weighted by Crippen LogP contribution is -2.53. The summed E-state index contributed by atoms with van der Waals surface area (Å²) < 4.78 is 0. The van der Waals surface area contributed by atoms with E-state index in [4.69, 9.17) is 23.2 Å². The molecule has 0 atom stereocenters. The molecule has 2 rings (SSSR count). The van der Waals surface area contributed by atoms with Crippen LogP contribution >= 0.6 is 23.2 Å². The van der Waals surface area contributed by atoms with Crippen molar-refractivity contribution in [2.24, 2.45) is 0 Å². The third-order valence-electron chi connectivity index (χ3n) is 3.54. The number of nitrogens with one attached hydrogen (secondary N) is 1. The molecule has 0 aliphatic carbocycles. The molecule has 106 valence electrons. The van der Waals surface area contributed by atoms with Crippen molar-refractivity contribution >= 4 is 28.9 Å². The predicted octanol–water partition coefficient (Wildman–Crippen LogP) is 4.35. The van der Waals surface area contributed by atoms with E-state index in [1.807, 2.05) is 18.2 Å². The molecule has 0 amide bonds. The van der Waals surface area contributed by atoms with E-state index in [9.17, 15) is 0 Å². The number of hydrogen-bond donors (Lipinski definition) is 1. The lowest BCUT2D eigenvalue weighted by atomic mass is 9.96. The molecule has 0 spiro atoms. The quantitative estimate of drug-likeness (QED) is 0.829. The van der Waals surface area contributed by atoms with Crippen molar-refractivity contribution in [2.75, 3.05) is 18.0 Å². The molecule has 0 radical (unpaired) electrons. The van der Waals surface area contributed by atoms with E-state index in [-0.39, 0.29) is 11.1 Å². The van der Waals surface area contributed by atoms with Crippen LogP contribution in [-0.2, 0) is 0 Å². The zero-order valence-corrected chi connectivity index (χ0v) is 13.6. The summed E-state index contributed by atoms with van der Waals surface area (Å²) in [5.74, 6) is 0. The van der Waals surface area contributed by atoms with Gasteiger partial charge in [-0.1, -0.05) is 23.2 Å². The van der Waals surface area contributed by atoms with E-state index in [1.165, 1.54) is 0 Å². The second-order valence-electron chi connectivity index (χ2n) is 6.66. The van der Waals surface area contributed by atoms with Gasteiger partial charge in [0.1, 0.15) is 0 Å². The molecule has 1 aliphatic heterocycles. The highest BCUT2D eigenvalue weighted by Gasteiger charge is 2.33. The van der Waals surface area contributed by atoms with Gasteiger partial charge in [-0.25, -0.2) is 0 Å². The van der Waals surface area contributed by atoms with Gasteiger partial charge in [0.05, 0.1) is 10.0 Å². The maximum Gasteiger partial charge on any atom is 0.0612 e. The molecule has 1 fully saturated rings. The minimum absolute atomic E-state index is 0.0616. The van der Waals surface area contributed by atoms with Crippen LogP contribution in [0.2, 0.25) is 10.0 Å². The van der Waals surface area contributed by atoms with E-state index in [0.29, 0.717) is 10.0 Å². The monoisotopic (exact) mass is 300 g/mol. The van der Waals surface area contributed by atoms with Gasteiger partial charge in [0.15, 0.2) is 0 Å². The number of anilines is 1. The SMILES string of the molecule is CC1(C)CCN(c2ccc(Cl)c(Cl)c2)CC(C)(C)N1. The fraction of sp³-hybridized carbons (Fsp3) is 0.600. The summed E-state index contributed by atoms with van der Waals surface area (Å²) in [6.07, 6.45) is 1.09. The summed E-state index contributed by atoms with van der Waals surface area (Å²) in [6.45, 7) is 11.0. The Kier molecular flexibility index (Phi) is 4.06. The fourth-order valence-corrected chi connectivity index (χ4v) is 3.18. The summed E-state index contributed by atoms with van der Waals surface area (Å²) in [7, 11) is 0. The summed E-state index contributed by atoms with van der Waals surface area (Å²) in [6, 6.07) is 5.87. The van der Waals surface area contributed by atoms with Crippen molar-refractivity contribution < 1.29 is 0 Å². The van der Waals surface area contributed by atoms with Crippen LogP contribution in [-0.4, -0.2) is 24.2 Å². The third kappa shape index (κ3) is 3.77. The fourth-order valence-electron chi connectivity index (χ4n) is 2.89. The molecule has 1 aromatic carbocycles. The van der Waals surface area contributed by atoms with Crippen LogP contribution in [0.1, 0.15) is 34.1 Å². The van der Waals surface area contributed by atoms with Crippen molar-refractivity contribution in [3.8, 4) is 0 Å². The molecule has 2 nitrogen and oxygen atoms in total. The van der Waals surface area contributed by atoms with Crippen molar-refractivity contribution in [3.63, 3.8) is 0 Å². The summed E-state index contributed by atoms with van der Waals surface area (Å²) >= 11 is 12.1. The minimum atomic E-state index is 0.0616. The van der Waals surface area contributed by atoms with Gasteiger partial charge in [-0.2, -0.15) is 0 Å². The number of benzene rings is 1. The van der Waals surface area contributed by atoms with Crippen molar-refractivity contribution in [2.45, 2.75) is 45.2 Å². The highest BCUT2D eigenvalue weighted by Crippen LogP contribution is 2.30. The van der Waals surface area contributed by atoms with Crippen LogP contribution < -0.4 is 10.2 Å². The molecule has 1 N–H and O–H groups in total. The standard InChI is InChI=1S/C15H22Cl2N2/c1-14(2)7-8-19(10-15(3,4)18-14)11-5-6-12(16)13(17)9-11/h5-6,9,18H,7-8,10H2,1-4H3. The van der Waals surface area contributed by atoms with Gasteiger partial charge in [0, 0.05) is 29.9 Å². The van der Waals surface area contributed by atoms with Gasteiger partial charge < -0.3 is 10.2 Å². The second kappa shape index (κ2) is 5.16. The molecule has 0 bridgehead atoms. The summed E-state index contributed by atoms with van der Waals surface area (Å²) in [5, 5.41) is 4.95. The van der Waals surface area contributed by atoms with Crippen LogP contribution in [0, 0.1) is 0 Å². The maximum absolute atomic E-state index is 6.13. The predicted molar refractivity (Wildman–Crippen MR) is 84.6 cm³/mol. The molecule has 4 heteroatoms. The highest BCUT2D eigenvalue weighted by molar-refractivity contribution is 6.42. The average molecular weight is 301 g/mol. The zero-order chi connectivity index (χ0) is 14.3. The van der Waals surface area contributed by atoms with Gasteiger partial charge >= 0.3 is 0 Å². The smallest absolute Gasteiger partial charge is 0.0612 e. The Balaban J connectivity index is 2.27. The number of rotatable bonds is 1. The lowest BCUT2D eigenvalue weighted by Gasteiger charge is -2.35. The second-order valence-corrected chi connectivity index (χ2v) is 7.48. The first-order valence-electron chi connectivity index (χ1n) is 6.68. The van der Waals surface area contributed by atoms with Crippen molar-refractivity contribution in [1.82, 2.24) is 5.32 Å². The van der Waals surface area contributed by atoms with Gasteiger partial charge in [-0.05, 0) is 52.3 Å². The Hall–Kier alpha value is -0.440. The zero-order valence-electron chi connectivity index (χ0n) is 12.1. The Morgan fingerprint density at radius 2 is 1.74 bits per heavy atom. The van der Waals surface area contributed by atoms with E-state index >= 15 is 0 Å². The topological polar surface area (TPSA) is 15.3 Å². The largest absolute Gasteiger partial charge is 0.370 e. The summed E-state index contributed by atoms with van der Waals surface area (Å²) in [4.78, 5) is 2.38. The van der Waals surface area contributed by atoms with Crippen molar-refractivity contribution in [3.05, 3.63) is 28.2 Å². The number of nitrogens with zero attached hydrogens (tertiary/aromatic N) is 1. The van der Waals surface area contributed by atoms with E-state index in [1.54, 1.807) is 0 Å². The molecule has 0 aromatic heterocycles. The van der Waals surface area contributed by atoms with Crippen LogP contribution in [0.25, 0.3) is 0 Å². The summed E-state index contributed by atoms with van der Waals surface area (Å²) in [5.41, 5.74) is 1.35. The molecule has 1 saturated heterocycles. The van der Waals surface area contributed by atoms with Crippen LogP contribution in [0.3, 0.4) is 0 Å². The Morgan fingerprint density at radius 3 is 2.37 bits per heavy atom. The van der Waals surface area contributed by atoms with Crippen LogP contribution in [0.4, 0.5) is 5.69 Å². The molecule has 1 heterocycles.